The maximum Gasteiger partial charge on any atom is 0.317 e. The molecule has 3 amide bonds. The van der Waals surface area contributed by atoms with E-state index in [-0.39, 0.29) is 17.5 Å². The highest BCUT2D eigenvalue weighted by Gasteiger charge is 2.26. The third-order valence-corrected chi connectivity index (χ3v) is 4.78. The van der Waals surface area contributed by atoms with Crippen LogP contribution in [0.1, 0.15) is 68.8 Å². The first-order valence-corrected chi connectivity index (χ1v) is 9.56. The van der Waals surface area contributed by atoms with Crippen LogP contribution in [0.3, 0.4) is 0 Å². The Morgan fingerprint density at radius 3 is 2.15 bits per heavy atom. The third-order valence-electron chi connectivity index (χ3n) is 4.78. The maximum absolute atomic E-state index is 13.1. The highest BCUT2D eigenvalue weighted by atomic mass is 16.2. The van der Waals surface area contributed by atoms with Gasteiger partial charge in [-0.2, -0.15) is 0 Å². The van der Waals surface area contributed by atoms with Crippen LogP contribution in [0.25, 0.3) is 0 Å². The Morgan fingerprint density at radius 1 is 1.04 bits per heavy atom. The maximum atomic E-state index is 13.1. The average molecular weight is 363 g/mol. The highest BCUT2D eigenvalue weighted by Crippen LogP contribution is 2.22. The zero-order valence-corrected chi connectivity index (χ0v) is 17.3. The second-order valence-electron chi connectivity index (χ2n) is 8.56. The van der Waals surface area contributed by atoms with Crippen LogP contribution >= 0.6 is 0 Å². The Labute approximate surface area is 157 Å². The minimum Gasteiger partial charge on any atom is -0.346 e. The van der Waals surface area contributed by atoms with E-state index in [2.05, 4.69) is 23.7 Å². The summed E-state index contributed by atoms with van der Waals surface area (Å²) in [6, 6.07) is 2.27. The van der Waals surface area contributed by atoms with E-state index in [1.165, 1.54) is 0 Å². The predicted octanol–water partition coefficient (Wildman–Crippen LogP) is 3.34. The van der Waals surface area contributed by atoms with Gasteiger partial charge < -0.3 is 19.7 Å². The molecule has 0 saturated carbocycles. The van der Waals surface area contributed by atoms with Gasteiger partial charge in [0.15, 0.2) is 0 Å². The van der Waals surface area contributed by atoms with E-state index in [0.717, 1.165) is 23.4 Å². The van der Waals surface area contributed by atoms with Crippen LogP contribution in [-0.4, -0.2) is 58.0 Å². The summed E-state index contributed by atoms with van der Waals surface area (Å²) in [6.07, 6.45) is 0.798. The van der Waals surface area contributed by atoms with Crippen molar-refractivity contribution in [2.24, 2.45) is 0 Å². The largest absolute Gasteiger partial charge is 0.346 e. The minimum absolute atomic E-state index is 0.0511. The number of amides is 3. The Kier molecular flexibility index (Phi) is 6.04. The fraction of sp³-hybridized carbons (Fsp3) is 0.700. The molecule has 1 aliphatic heterocycles. The van der Waals surface area contributed by atoms with Crippen LogP contribution in [0, 0.1) is 13.8 Å². The van der Waals surface area contributed by atoms with E-state index in [1.54, 1.807) is 0 Å². The summed E-state index contributed by atoms with van der Waals surface area (Å²) in [5.41, 5.74) is 2.66. The molecule has 1 aromatic heterocycles. The highest BCUT2D eigenvalue weighted by molar-refractivity contribution is 5.95. The van der Waals surface area contributed by atoms with E-state index in [4.69, 9.17) is 0 Å². The van der Waals surface area contributed by atoms with Crippen molar-refractivity contribution in [1.29, 1.82) is 0 Å². The van der Waals surface area contributed by atoms with Gasteiger partial charge in [0, 0.05) is 49.1 Å². The van der Waals surface area contributed by atoms with Crippen LogP contribution < -0.4 is 5.32 Å². The molecule has 2 rings (SSSR count). The van der Waals surface area contributed by atoms with Gasteiger partial charge in [0.05, 0.1) is 5.56 Å². The molecule has 6 nitrogen and oxygen atoms in total. The molecule has 0 unspecified atom stereocenters. The number of aromatic nitrogens is 1. The average Bonchev–Trinajstić information content (AvgIpc) is 2.69. The fourth-order valence-corrected chi connectivity index (χ4v) is 3.68. The van der Waals surface area contributed by atoms with Gasteiger partial charge in [0.1, 0.15) is 0 Å². The van der Waals surface area contributed by atoms with Gasteiger partial charge in [-0.25, -0.2) is 4.79 Å². The molecule has 0 bridgehead atoms. The van der Waals surface area contributed by atoms with E-state index < -0.39 is 0 Å². The summed E-state index contributed by atoms with van der Waals surface area (Å²) >= 11 is 0. The molecule has 1 N–H and O–H groups in total. The van der Waals surface area contributed by atoms with Crippen molar-refractivity contribution in [2.75, 3.05) is 26.2 Å². The smallest absolute Gasteiger partial charge is 0.317 e. The normalized spacial score (nSPS) is 16.0. The second kappa shape index (κ2) is 7.72. The SMILES string of the molecule is Cc1cc(C(=O)N2CCCN(C(=O)NC(C)(C)C)CC2)c(C)n1C(C)C. The molecule has 0 aliphatic carbocycles. The summed E-state index contributed by atoms with van der Waals surface area (Å²) in [5.74, 6) is 0.0723. The van der Waals surface area contributed by atoms with Gasteiger partial charge in [-0.05, 0) is 61.0 Å². The van der Waals surface area contributed by atoms with E-state index >= 15 is 0 Å². The Morgan fingerprint density at radius 2 is 1.62 bits per heavy atom. The second-order valence-corrected chi connectivity index (χ2v) is 8.56. The molecule has 26 heavy (non-hydrogen) atoms. The molecule has 0 spiro atoms. The summed E-state index contributed by atoms with van der Waals surface area (Å²) in [5, 5.41) is 3.00. The van der Waals surface area contributed by atoms with Crippen molar-refractivity contribution in [3.63, 3.8) is 0 Å². The molecule has 6 heteroatoms. The molecule has 0 radical (unpaired) electrons. The predicted molar refractivity (Wildman–Crippen MR) is 105 cm³/mol. The number of hydrogen-bond donors (Lipinski definition) is 1. The lowest BCUT2D eigenvalue weighted by molar-refractivity contribution is 0.0761. The quantitative estimate of drug-likeness (QED) is 0.877. The number of hydrogen-bond acceptors (Lipinski definition) is 2. The van der Waals surface area contributed by atoms with Crippen molar-refractivity contribution >= 4 is 11.9 Å². The number of carbonyl (C=O) groups excluding carboxylic acids is 2. The number of urea groups is 1. The standard InChI is InChI=1S/C20H34N4O2/c1-14(2)24-15(3)13-17(16(24)4)18(25)22-9-8-10-23(12-11-22)19(26)21-20(5,6)7/h13-14H,8-12H2,1-7H3,(H,21,26). The minimum atomic E-state index is -0.257. The zero-order valence-electron chi connectivity index (χ0n) is 17.3. The van der Waals surface area contributed by atoms with Crippen LogP contribution in [0.4, 0.5) is 4.79 Å². The third kappa shape index (κ3) is 4.59. The molecular formula is C20H34N4O2. The lowest BCUT2D eigenvalue weighted by atomic mass is 10.1. The fourth-order valence-electron chi connectivity index (χ4n) is 3.68. The molecule has 2 heterocycles. The lowest BCUT2D eigenvalue weighted by Crippen LogP contribution is -2.49. The molecule has 1 fully saturated rings. The van der Waals surface area contributed by atoms with Crippen molar-refractivity contribution in [3.05, 3.63) is 23.0 Å². The Hall–Kier alpha value is -1.98. The van der Waals surface area contributed by atoms with Gasteiger partial charge in [-0.1, -0.05) is 0 Å². The van der Waals surface area contributed by atoms with E-state index in [0.29, 0.717) is 32.2 Å². The van der Waals surface area contributed by atoms with Gasteiger partial charge in [0.2, 0.25) is 0 Å². The first kappa shape index (κ1) is 20.3. The summed E-state index contributed by atoms with van der Waals surface area (Å²) in [7, 11) is 0. The van der Waals surface area contributed by atoms with Crippen LogP contribution in [0.5, 0.6) is 0 Å². The molecule has 0 aromatic carbocycles. The van der Waals surface area contributed by atoms with Crippen molar-refractivity contribution in [1.82, 2.24) is 19.7 Å². The first-order chi connectivity index (χ1) is 12.0. The van der Waals surface area contributed by atoms with E-state index in [1.807, 2.05) is 50.5 Å². The Bertz CT molecular complexity index is 670. The number of nitrogens with one attached hydrogen (secondary N) is 1. The van der Waals surface area contributed by atoms with Crippen LogP contribution in [-0.2, 0) is 0 Å². The molecule has 146 valence electrons. The monoisotopic (exact) mass is 362 g/mol. The van der Waals surface area contributed by atoms with E-state index in [9.17, 15) is 9.59 Å². The molecule has 1 saturated heterocycles. The Balaban J connectivity index is 2.08. The summed E-state index contributed by atoms with van der Waals surface area (Å²) in [6.45, 7) is 16.7. The van der Waals surface area contributed by atoms with Gasteiger partial charge in [-0.15, -0.1) is 0 Å². The zero-order chi connectivity index (χ0) is 19.6. The lowest BCUT2D eigenvalue weighted by Gasteiger charge is -2.27. The van der Waals surface area contributed by atoms with Gasteiger partial charge in [0.25, 0.3) is 5.91 Å². The number of aryl methyl sites for hydroxylation is 1. The van der Waals surface area contributed by atoms with Gasteiger partial charge in [-0.3, -0.25) is 4.79 Å². The summed E-state index contributed by atoms with van der Waals surface area (Å²) in [4.78, 5) is 29.2. The van der Waals surface area contributed by atoms with Crippen LogP contribution in [0.15, 0.2) is 6.07 Å². The number of rotatable bonds is 2. The molecule has 0 atom stereocenters. The van der Waals surface area contributed by atoms with Crippen molar-refractivity contribution in [3.8, 4) is 0 Å². The topological polar surface area (TPSA) is 57.6 Å². The molecular weight excluding hydrogens is 328 g/mol. The van der Waals surface area contributed by atoms with Crippen molar-refractivity contribution in [2.45, 2.75) is 66.5 Å². The van der Waals surface area contributed by atoms with Crippen LogP contribution in [0.2, 0.25) is 0 Å². The molecule has 1 aromatic rings. The first-order valence-electron chi connectivity index (χ1n) is 9.56. The van der Waals surface area contributed by atoms with Crippen molar-refractivity contribution < 1.29 is 9.59 Å². The number of carbonyl (C=O) groups is 2. The molecule has 1 aliphatic rings. The number of nitrogens with zero attached hydrogens (tertiary/aromatic N) is 3. The van der Waals surface area contributed by atoms with Gasteiger partial charge >= 0.3 is 6.03 Å². The summed E-state index contributed by atoms with van der Waals surface area (Å²) < 4.78 is 2.20.